The summed E-state index contributed by atoms with van der Waals surface area (Å²) in [5.41, 5.74) is 0. The maximum Gasteiger partial charge on any atom is 2.00 e. The standard InChI is InChI=1S/C8H19O4P.Na.Zn/c1-2-3-4-5-6-7-8-12-13(9,10)11;;/h2-8H2,1H3,(H2,9,10,11);;/q;+1;+2/p-2. The van der Waals surface area contributed by atoms with Crippen molar-refractivity contribution in [2.24, 2.45) is 0 Å². The maximum atomic E-state index is 10.0. The van der Waals surface area contributed by atoms with E-state index in [2.05, 4.69) is 11.4 Å². The first kappa shape index (κ1) is 22.0. The van der Waals surface area contributed by atoms with Crippen molar-refractivity contribution >= 4 is 7.82 Å². The van der Waals surface area contributed by atoms with Gasteiger partial charge in [0.1, 0.15) is 0 Å². The zero-order chi connectivity index (χ0) is 10.2. The molecular weight excluding hydrogens is 279 g/mol. The molecule has 15 heavy (non-hydrogen) atoms. The predicted molar refractivity (Wildman–Crippen MR) is 46.9 cm³/mol. The van der Waals surface area contributed by atoms with E-state index in [-0.39, 0.29) is 55.6 Å². The summed E-state index contributed by atoms with van der Waals surface area (Å²) in [4.78, 5) is 20.0. The minimum Gasteiger partial charge on any atom is -0.790 e. The average Bonchev–Trinajstić information content (AvgIpc) is 2.01. The van der Waals surface area contributed by atoms with E-state index >= 15 is 0 Å². The van der Waals surface area contributed by atoms with Gasteiger partial charge < -0.3 is 18.9 Å². The SMILES string of the molecule is CCCCCCCCOP(=O)([O-])[O-].[Na+].[Zn+2]. The number of phosphoric ester groups is 1. The van der Waals surface area contributed by atoms with Crippen molar-refractivity contribution in [2.75, 3.05) is 6.61 Å². The first-order valence-electron chi connectivity index (χ1n) is 4.73. The number of hydrogen-bond acceptors (Lipinski definition) is 4. The largest absolute Gasteiger partial charge is 2.00 e. The minimum absolute atomic E-state index is 0. The Bertz CT molecular complexity index is 165. The van der Waals surface area contributed by atoms with Crippen LogP contribution in [-0.4, -0.2) is 6.61 Å². The predicted octanol–water partition coefficient (Wildman–Crippen LogP) is -1.81. The van der Waals surface area contributed by atoms with E-state index in [4.69, 9.17) is 0 Å². The van der Waals surface area contributed by atoms with Gasteiger partial charge in [-0.1, -0.05) is 39.0 Å². The van der Waals surface area contributed by atoms with Crippen molar-refractivity contribution in [1.82, 2.24) is 0 Å². The molecule has 0 rings (SSSR count). The van der Waals surface area contributed by atoms with Crippen LogP contribution in [0.15, 0.2) is 0 Å². The molecule has 0 spiro atoms. The Balaban J connectivity index is -0.000000720. The van der Waals surface area contributed by atoms with Gasteiger partial charge in [-0.2, -0.15) is 0 Å². The summed E-state index contributed by atoms with van der Waals surface area (Å²) in [5, 5.41) is 0. The number of hydrogen-bond donors (Lipinski definition) is 0. The third kappa shape index (κ3) is 21.6. The van der Waals surface area contributed by atoms with Crippen LogP contribution in [0.2, 0.25) is 0 Å². The third-order valence-corrected chi connectivity index (χ3v) is 2.25. The van der Waals surface area contributed by atoms with Crippen LogP contribution in [-0.2, 0) is 28.6 Å². The van der Waals surface area contributed by atoms with Crippen molar-refractivity contribution < 1.29 is 67.9 Å². The summed E-state index contributed by atoms with van der Waals surface area (Å²) in [7, 11) is -4.73. The van der Waals surface area contributed by atoms with Crippen LogP contribution in [0.5, 0.6) is 0 Å². The molecule has 0 fully saturated rings. The molecular formula is C8H17NaO4PZn+. The molecule has 4 nitrogen and oxygen atoms in total. The van der Waals surface area contributed by atoms with Crippen LogP contribution in [0.25, 0.3) is 0 Å². The van der Waals surface area contributed by atoms with Crippen molar-refractivity contribution in [2.45, 2.75) is 45.4 Å². The molecule has 0 aromatic rings. The van der Waals surface area contributed by atoms with Gasteiger partial charge >= 0.3 is 49.0 Å². The summed E-state index contributed by atoms with van der Waals surface area (Å²) in [6, 6.07) is 0. The molecule has 0 atom stereocenters. The van der Waals surface area contributed by atoms with E-state index in [0.29, 0.717) is 6.42 Å². The summed E-state index contributed by atoms with van der Waals surface area (Å²) >= 11 is 0. The van der Waals surface area contributed by atoms with Gasteiger partial charge in [-0.25, -0.2) is 0 Å². The second-order valence-corrected chi connectivity index (χ2v) is 4.20. The fourth-order valence-corrected chi connectivity index (χ4v) is 1.41. The Hall–Kier alpha value is 1.73. The van der Waals surface area contributed by atoms with Crippen molar-refractivity contribution in [3.05, 3.63) is 0 Å². The van der Waals surface area contributed by atoms with Crippen LogP contribution in [0.3, 0.4) is 0 Å². The molecule has 0 N–H and O–H groups in total. The van der Waals surface area contributed by atoms with Gasteiger partial charge in [0.2, 0.25) is 0 Å². The summed E-state index contributed by atoms with van der Waals surface area (Å²) in [6.45, 7) is 2.17. The summed E-state index contributed by atoms with van der Waals surface area (Å²) in [6.07, 6.45) is 6.23. The minimum atomic E-state index is -4.73. The quantitative estimate of drug-likeness (QED) is 0.301. The topological polar surface area (TPSA) is 72.4 Å². The van der Waals surface area contributed by atoms with Crippen molar-refractivity contribution in [1.29, 1.82) is 0 Å². The zero-order valence-corrected chi connectivity index (χ0v) is 15.6. The monoisotopic (exact) mass is 295 g/mol. The van der Waals surface area contributed by atoms with Crippen LogP contribution in [0, 0.1) is 0 Å². The van der Waals surface area contributed by atoms with Crippen LogP contribution < -0.4 is 39.3 Å². The molecule has 0 aromatic heterocycles. The molecule has 80 valence electrons. The van der Waals surface area contributed by atoms with Crippen LogP contribution in [0.4, 0.5) is 0 Å². The van der Waals surface area contributed by atoms with Crippen molar-refractivity contribution in [3.8, 4) is 0 Å². The van der Waals surface area contributed by atoms with E-state index in [1.807, 2.05) is 0 Å². The molecule has 0 aromatic carbocycles. The van der Waals surface area contributed by atoms with Crippen LogP contribution in [0.1, 0.15) is 45.4 Å². The Kier molecular flexibility index (Phi) is 20.2. The molecule has 0 heterocycles. The smallest absolute Gasteiger partial charge is 0.790 e. The molecule has 0 aliphatic carbocycles. The van der Waals surface area contributed by atoms with E-state index < -0.39 is 7.82 Å². The molecule has 0 unspecified atom stereocenters. The second-order valence-electron chi connectivity index (χ2n) is 3.05. The average molecular weight is 297 g/mol. The normalized spacial score (nSPS) is 10.3. The van der Waals surface area contributed by atoms with Gasteiger partial charge in [-0.3, -0.25) is 0 Å². The Morgan fingerprint density at radius 2 is 1.53 bits per heavy atom. The molecule has 0 aliphatic heterocycles. The van der Waals surface area contributed by atoms with E-state index in [1.165, 1.54) is 19.3 Å². The van der Waals surface area contributed by atoms with Crippen molar-refractivity contribution in [3.63, 3.8) is 0 Å². The fraction of sp³-hybridized carbons (Fsp3) is 1.00. The molecule has 0 aliphatic rings. The number of phosphoric acid groups is 1. The third-order valence-electron chi connectivity index (χ3n) is 1.75. The van der Waals surface area contributed by atoms with Crippen LogP contribution >= 0.6 is 7.82 Å². The molecule has 0 bridgehead atoms. The van der Waals surface area contributed by atoms with Gasteiger partial charge in [0, 0.05) is 0 Å². The first-order chi connectivity index (χ1) is 6.06. The number of rotatable bonds is 8. The summed E-state index contributed by atoms with van der Waals surface area (Å²) in [5.74, 6) is 0. The van der Waals surface area contributed by atoms with Gasteiger partial charge in [0.05, 0.1) is 14.4 Å². The van der Waals surface area contributed by atoms with E-state index in [1.54, 1.807) is 0 Å². The van der Waals surface area contributed by atoms with E-state index in [0.717, 1.165) is 12.8 Å². The van der Waals surface area contributed by atoms with Gasteiger partial charge in [0.25, 0.3) is 0 Å². The molecule has 7 heteroatoms. The Morgan fingerprint density at radius 3 is 2.00 bits per heavy atom. The first-order valence-corrected chi connectivity index (χ1v) is 6.19. The van der Waals surface area contributed by atoms with Gasteiger partial charge in [-0.15, -0.1) is 0 Å². The second kappa shape index (κ2) is 13.8. The molecule has 0 saturated carbocycles. The van der Waals surface area contributed by atoms with Gasteiger partial charge in [-0.05, 0) is 6.42 Å². The van der Waals surface area contributed by atoms with Gasteiger partial charge in [0.15, 0.2) is 0 Å². The fourth-order valence-electron chi connectivity index (χ4n) is 1.06. The molecule has 0 amide bonds. The molecule has 0 radical (unpaired) electrons. The summed E-state index contributed by atoms with van der Waals surface area (Å²) < 4.78 is 14.1. The zero-order valence-electron chi connectivity index (χ0n) is 9.74. The Labute approximate surface area is 127 Å². The Morgan fingerprint density at radius 1 is 1.07 bits per heavy atom. The number of unbranched alkanes of at least 4 members (excludes halogenated alkanes) is 5. The molecule has 0 saturated heterocycles. The maximum absolute atomic E-state index is 10.0. The van der Waals surface area contributed by atoms with E-state index in [9.17, 15) is 14.4 Å².